The van der Waals surface area contributed by atoms with E-state index in [1.807, 2.05) is 39.0 Å². The van der Waals surface area contributed by atoms with Crippen molar-refractivity contribution in [3.8, 4) is 40.3 Å². The van der Waals surface area contributed by atoms with Crippen LogP contribution in [0.3, 0.4) is 0 Å². The smallest absolute Gasteiger partial charge is 0.0619 e. The Hall–Kier alpha value is -6.40. The van der Waals surface area contributed by atoms with Crippen molar-refractivity contribution in [3.05, 3.63) is 197 Å². The van der Waals surface area contributed by atoms with Crippen molar-refractivity contribution in [1.82, 2.24) is 4.57 Å². The van der Waals surface area contributed by atoms with Gasteiger partial charge in [0.1, 0.15) is 0 Å². The summed E-state index contributed by atoms with van der Waals surface area (Å²) >= 11 is 1.85. The predicted octanol–water partition coefficient (Wildman–Crippen LogP) is 13.7. The van der Waals surface area contributed by atoms with Crippen molar-refractivity contribution in [2.45, 2.75) is 34.6 Å². The van der Waals surface area contributed by atoms with Crippen LogP contribution in [0.4, 0.5) is 0 Å². The highest BCUT2D eigenvalue weighted by Crippen LogP contribution is 2.40. The van der Waals surface area contributed by atoms with Gasteiger partial charge in [0.15, 0.2) is 0 Å². The summed E-state index contributed by atoms with van der Waals surface area (Å²) in [6.45, 7) is 14.3. The zero-order valence-electron chi connectivity index (χ0n) is 32.4. The number of terminal acetylenes is 1. The molecule has 2 heterocycles. The van der Waals surface area contributed by atoms with Crippen molar-refractivity contribution in [2.75, 3.05) is 0 Å². The normalized spacial score (nSPS) is 10.3. The quantitative estimate of drug-likeness (QED) is 0.155. The number of para-hydroxylation sites is 3. The highest BCUT2D eigenvalue weighted by Gasteiger charge is 2.17. The van der Waals surface area contributed by atoms with E-state index in [0.29, 0.717) is 0 Å². The molecule has 0 atom stereocenters. The number of benzene rings is 7. The summed E-state index contributed by atoms with van der Waals surface area (Å²) in [5.41, 5.74) is 12.1. The molecule has 0 fully saturated rings. The van der Waals surface area contributed by atoms with Crippen LogP contribution in [-0.2, 0) is 0 Å². The van der Waals surface area contributed by atoms with Gasteiger partial charge in [0.2, 0.25) is 0 Å². The summed E-state index contributed by atoms with van der Waals surface area (Å²) < 4.78 is 4.89. The number of rotatable bonds is 5. The van der Waals surface area contributed by atoms with Gasteiger partial charge in [-0.1, -0.05) is 186 Å². The lowest BCUT2D eigenvalue weighted by Gasteiger charge is -2.13. The van der Waals surface area contributed by atoms with Crippen LogP contribution in [0.25, 0.3) is 72.0 Å². The summed E-state index contributed by atoms with van der Waals surface area (Å²) in [6, 6.07) is 63.2. The lowest BCUT2D eigenvalue weighted by atomic mass is 9.96. The minimum Gasteiger partial charge on any atom is -0.309 e. The predicted molar refractivity (Wildman–Crippen MR) is 244 cm³/mol. The summed E-state index contributed by atoms with van der Waals surface area (Å²) in [4.78, 5) is 0. The second kappa shape index (κ2) is 18.1. The SMILES string of the molecule is C#CC.C=c1c(=C(c2ccccc2)c2ccccc2)sc2c(-c3cccc(-c4cccc5c6ccccc6n(-c6ccccc6)c45)c3)cccc12.CC.CC. The molecule has 0 unspecified atom stereocenters. The molecule has 9 aromatic rings. The van der Waals surface area contributed by atoms with Crippen LogP contribution in [0, 0.1) is 12.3 Å². The van der Waals surface area contributed by atoms with Crippen LogP contribution in [0.5, 0.6) is 0 Å². The fourth-order valence-electron chi connectivity index (χ4n) is 7.19. The van der Waals surface area contributed by atoms with Gasteiger partial charge in [0, 0.05) is 42.2 Å². The number of thiophene rings is 1. The van der Waals surface area contributed by atoms with Crippen LogP contribution >= 0.6 is 11.3 Å². The fourth-order valence-corrected chi connectivity index (χ4v) is 8.56. The molecule has 0 radical (unpaired) electrons. The van der Waals surface area contributed by atoms with E-state index in [1.54, 1.807) is 6.92 Å². The average molecular weight is 730 g/mol. The Balaban J connectivity index is 0.000000692. The molecule has 0 spiro atoms. The first-order valence-electron chi connectivity index (χ1n) is 19.1. The Labute approximate surface area is 330 Å². The molecule has 1 nitrogen and oxygen atoms in total. The topological polar surface area (TPSA) is 4.93 Å². The van der Waals surface area contributed by atoms with Crippen molar-refractivity contribution >= 4 is 55.4 Å². The summed E-state index contributed by atoms with van der Waals surface area (Å²) in [5.74, 6) is 2.25. The Kier molecular flexibility index (Phi) is 12.6. The molecule has 2 heteroatoms. The maximum atomic E-state index is 4.66. The molecule has 2 aromatic heterocycles. The fraction of sp³-hybridized carbons (Fsp3) is 0.0943. The zero-order valence-corrected chi connectivity index (χ0v) is 33.2. The van der Waals surface area contributed by atoms with Gasteiger partial charge in [-0.2, -0.15) is 0 Å². The third-order valence-corrected chi connectivity index (χ3v) is 10.7. The highest BCUT2D eigenvalue weighted by atomic mass is 32.1. The van der Waals surface area contributed by atoms with Crippen LogP contribution in [0.15, 0.2) is 176 Å². The highest BCUT2D eigenvalue weighted by molar-refractivity contribution is 7.17. The van der Waals surface area contributed by atoms with Crippen LogP contribution in [0.1, 0.15) is 45.7 Å². The van der Waals surface area contributed by atoms with E-state index < -0.39 is 0 Å². The largest absolute Gasteiger partial charge is 0.309 e. The van der Waals surface area contributed by atoms with Gasteiger partial charge in [-0.25, -0.2) is 0 Å². The molecular weight excluding hydrogens is 683 g/mol. The first kappa shape index (κ1) is 38.3. The second-order valence-electron chi connectivity index (χ2n) is 12.5. The average Bonchev–Trinajstić information content (AvgIpc) is 3.78. The summed E-state index contributed by atoms with van der Waals surface area (Å²) in [5, 5.41) is 4.80. The first-order chi connectivity index (χ1) is 27.2. The Bertz CT molecular complexity index is 2780. The molecule has 7 aromatic carbocycles. The van der Waals surface area contributed by atoms with E-state index in [4.69, 9.17) is 0 Å². The van der Waals surface area contributed by atoms with Crippen LogP contribution in [0.2, 0.25) is 0 Å². The van der Waals surface area contributed by atoms with E-state index in [-0.39, 0.29) is 0 Å². The molecule has 0 N–H and O–H groups in total. The maximum absolute atomic E-state index is 4.66. The van der Waals surface area contributed by atoms with E-state index in [2.05, 4.69) is 199 Å². The number of hydrogen-bond donors (Lipinski definition) is 0. The van der Waals surface area contributed by atoms with Gasteiger partial charge in [-0.15, -0.1) is 23.7 Å². The Morgan fingerprint density at radius 3 is 1.64 bits per heavy atom. The van der Waals surface area contributed by atoms with Gasteiger partial charge >= 0.3 is 0 Å². The standard InChI is InChI=1S/C46H31NS.C3H4.2C2H6/c1-31-37-25-14-27-39(46(37)48-45(31)43(32-16-5-2-6-17-32)33-18-7-3-8-19-33)35-21-13-20-34(30-35)38-26-15-28-41-40-24-11-12-29-42(40)47(44(38)41)36-22-9-4-10-23-36;1-3-2;2*1-2/h2-30H,1H2;1H,2H3;2*1-2H3. The lowest BCUT2D eigenvalue weighted by molar-refractivity contribution is 1.18. The first-order valence-corrected chi connectivity index (χ1v) is 19.9. The van der Waals surface area contributed by atoms with Crippen molar-refractivity contribution in [2.24, 2.45) is 0 Å². The van der Waals surface area contributed by atoms with Gasteiger partial charge < -0.3 is 4.57 Å². The minimum absolute atomic E-state index is 1.08. The zero-order chi connectivity index (χ0) is 38.7. The lowest BCUT2D eigenvalue weighted by Crippen LogP contribution is -2.21. The van der Waals surface area contributed by atoms with Crippen LogP contribution < -0.4 is 9.75 Å². The Morgan fingerprint density at radius 2 is 1.02 bits per heavy atom. The molecule has 270 valence electrons. The molecule has 0 aliphatic carbocycles. The summed E-state index contributed by atoms with van der Waals surface area (Å²) in [6.07, 6.45) is 4.60. The maximum Gasteiger partial charge on any atom is 0.0619 e. The molecule has 0 bridgehead atoms. The molecule has 55 heavy (non-hydrogen) atoms. The van der Waals surface area contributed by atoms with Gasteiger partial charge in [0.05, 0.1) is 11.0 Å². The van der Waals surface area contributed by atoms with E-state index in [9.17, 15) is 0 Å². The molecule has 9 rings (SSSR count). The summed E-state index contributed by atoms with van der Waals surface area (Å²) in [7, 11) is 0. The minimum atomic E-state index is 1.08. The van der Waals surface area contributed by atoms with Crippen LogP contribution in [-0.4, -0.2) is 4.57 Å². The molecule has 0 saturated carbocycles. The monoisotopic (exact) mass is 729 g/mol. The number of fused-ring (bicyclic) bond motifs is 4. The molecule has 0 aliphatic rings. The van der Waals surface area contributed by atoms with E-state index in [1.165, 1.54) is 75.4 Å². The van der Waals surface area contributed by atoms with Crippen molar-refractivity contribution in [3.63, 3.8) is 0 Å². The third-order valence-electron chi connectivity index (χ3n) is 9.36. The van der Waals surface area contributed by atoms with Gasteiger partial charge in [-0.05, 0) is 64.2 Å². The van der Waals surface area contributed by atoms with E-state index in [0.717, 1.165) is 10.9 Å². The molecule has 0 aliphatic heterocycles. The Morgan fingerprint density at radius 1 is 0.545 bits per heavy atom. The molecular formula is C53H47NS. The van der Waals surface area contributed by atoms with Gasteiger partial charge in [0.25, 0.3) is 0 Å². The second-order valence-corrected chi connectivity index (χ2v) is 13.5. The molecule has 0 saturated heterocycles. The van der Waals surface area contributed by atoms with E-state index >= 15 is 0 Å². The number of nitrogens with zero attached hydrogens (tertiary/aromatic N) is 1. The number of aromatic nitrogens is 1. The third kappa shape index (κ3) is 7.54. The number of hydrogen-bond acceptors (Lipinski definition) is 1. The van der Waals surface area contributed by atoms with Gasteiger partial charge in [-0.3, -0.25) is 0 Å². The van der Waals surface area contributed by atoms with Crippen molar-refractivity contribution in [1.29, 1.82) is 0 Å². The van der Waals surface area contributed by atoms with Crippen molar-refractivity contribution < 1.29 is 0 Å². The molecule has 0 amide bonds.